The van der Waals surface area contributed by atoms with E-state index in [4.69, 9.17) is 11.6 Å². The molecule has 0 fully saturated rings. The first kappa shape index (κ1) is 11.8. The van der Waals surface area contributed by atoms with Crippen LogP contribution in [0.1, 0.15) is 11.1 Å². The molecule has 1 rings (SSSR count). The summed E-state index contributed by atoms with van der Waals surface area (Å²) in [7, 11) is 0. The molecule has 1 nitrogen and oxygen atoms in total. The van der Waals surface area contributed by atoms with Crippen molar-refractivity contribution in [3.63, 3.8) is 0 Å². The van der Waals surface area contributed by atoms with E-state index in [0.29, 0.717) is 0 Å². The highest BCUT2D eigenvalue weighted by atomic mass is 35.5. The molecule has 0 aliphatic heterocycles. The fourth-order valence-electron chi connectivity index (χ4n) is 1.06. The number of halogens is 4. The van der Waals surface area contributed by atoms with Gasteiger partial charge in [0.15, 0.2) is 0 Å². The molecule has 0 saturated heterocycles. The van der Waals surface area contributed by atoms with Crippen LogP contribution in [0.5, 0.6) is 0 Å². The van der Waals surface area contributed by atoms with Crippen molar-refractivity contribution in [2.24, 2.45) is 0 Å². The SMILES string of the molecule is O=C(Cl)C=Cc1ccccc1C(F)(F)F. The van der Waals surface area contributed by atoms with E-state index in [2.05, 4.69) is 0 Å². The van der Waals surface area contributed by atoms with Crippen molar-refractivity contribution >= 4 is 22.9 Å². The average molecular weight is 235 g/mol. The third-order valence-electron chi connectivity index (χ3n) is 1.66. The number of hydrogen-bond acceptors (Lipinski definition) is 1. The van der Waals surface area contributed by atoms with Crippen LogP contribution in [0.4, 0.5) is 13.2 Å². The molecule has 0 amide bonds. The molecule has 1 aromatic carbocycles. The maximum Gasteiger partial charge on any atom is 0.416 e. The number of hydrogen-bond donors (Lipinski definition) is 0. The largest absolute Gasteiger partial charge is 0.416 e. The fraction of sp³-hybridized carbons (Fsp3) is 0.100. The minimum Gasteiger partial charge on any atom is -0.276 e. The van der Waals surface area contributed by atoms with Gasteiger partial charge in [-0.3, -0.25) is 4.79 Å². The first-order chi connectivity index (χ1) is 6.91. The maximum absolute atomic E-state index is 12.4. The number of rotatable bonds is 2. The lowest BCUT2D eigenvalue weighted by molar-refractivity contribution is -0.137. The summed E-state index contributed by atoms with van der Waals surface area (Å²) in [5, 5.41) is -0.813. The van der Waals surface area contributed by atoms with Crippen LogP contribution in [0.2, 0.25) is 0 Å². The first-order valence-corrected chi connectivity index (χ1v) is 4.33. The van der Waals surface area contributed by atoms with E-state index in [1.54, 1.807) is 0 Å². The molecule has 0 radical (unpaired) electrons. The van der Waals surface area contributed by atoms with Gasteiger partial charge in [-0.15, -0.1) is 0 Å². The summed E-state index contributed by atoms with van der Waals surface area (Å²) in [5.41, 5.74) is -0.877. The van der Waals surface area contributed by atoms with E-state index in [1.165, 1.54) is 18.2 Å². The van der Waals surface area contributed by atoms with E-state index < -0.39 is 17.0 Å². The third kappa shape index (κ3) is 3.40. The van der Waals surface area contributed by atoms with Crippen LogP contribution in [0.15, 0.2) is 30.3 Å². The molecule has 0 aromatic heterocycles. The topological polar surface area (TPSA) is 17.1 Å². The number of carbonyl (C=O) groups is 1. The predicted octanol–water partition coefficient (Wildman–Crippen LogP) is 3.48. The standard InChI is InChI=1S/C10H6ClF3O/c11-9(15)6-5-7-3-1-2-4-8(7)10(12,13)14/h1-6H. The molecule has 0 atom stereocenters. The zero-order valence-corrected chi connectivity index (χ0v) is 8.14. The van der Waals surface area contributed by atoms with Crippen LogP contribution in [-0.2, 0) is 11.0 Å². The second-order valence-electron chi connectivity index (χ2n) is 2.72. The second kappa shape index (κ2) is 4.49. The van der Waals surface area contributed by atoms with Crippen LogP contribution in [0.3, 0.4) is 0 Å². The summed E-state index contributed by atoms with van der Waals surface area (Å²) in [6.45, 7) is 0. The summed E-state index contributed by atoms with van der Waals surface area (Å²) in [6, 6.07) is 4.94. The van der Waals surface area contributed by atoms with E-state index in [1.807, 2.05) is 0 Å². The molecule has 0 spiro atoms. The van der Waals surface area contributed by atoms with Crippen LogP contribution in [0.25, 0.3) is 6.08 Å². The monoisotopic (exact) mass is 234 g/mol. The van der Waals surface area contributed by atoms with E-state index in [0.717, 1.165) is 18.2 Å². The van der Waals surface area contributed by atoms with Crippen molar-refractivity contribution in [2.45, 2.75) is 6.18 Å². The van der Waals surface area contributed by atoms with Gasteiger partial charge in [-0.1, -0.05) is 18.2 Å². The summed E-state index contributed by atoms with van der Waals surface area (Å²) in [5.74, 6) is 0. The van der Waals surface area contributed by atoms with Crippen LogP contribution < -0.4 is 0 Å². The number of carbonyl (C=O) groups excluding carboxylic acids is 1. The van der Waals surface area contributed by atoms with Gasteiger partial charge in [-0.25, -0.2) is 0 Å². The quantitative estimate of drug-likeness (QED) is 0.566. The highest BCUT2D eigenvalue weighted by Crippen LogP contribution is 2.32. The average Bonchev–Trinajstić information content (AvgIpc) is 2.13. The number of allylic oxidation sites excluding steroid dienone is 1. The number of alkyl halides is 3. The molecular formula is C10H6ClF3O. The summed E-state index contributed by atoms with van der Waals surface area (Å²) >= 11 is 4.99. The van der Waals surface area contributed by atoms with Crippen LogP contribution >= 0.6 is 11.6 Å². The Morgan fingerprint density at radius 3 is 2.40 bits per heavy atom. The Labute approximate surface area is 89.2 Å². The molecule has 0 heterocycles. The Hall–Kier alpha value is -1.29. The van der Waals surface area contributed by atoms with Gasteiger partial charge in [0, 0.05) is 0 Å². The highest BCUT2D eigenvalue weighted by Gasteiger charge is 2.32. The van der Waals surface area contributed by atoms with Gasteiger partial charge in [0.2, 0.25) is 5.24 Å². The Balaban J connectivity index is 3.13. The lowest BCUT2D eigenvalue weighted by Crippen LogP contribution is -2.06. The van der Waals surface area contributed by atoms with Gasteiger partial charge in [-0.05, 0) is 35.4 Å². The van der Waals surface area contributed by atoms with Gasteiger partial charge in [-0.2, -0.15) is 13.2 Å². The third-order valence-corrected chi connectivity index (χ3v) is 1.79. The highest BCUT2D eigenvalue weighted by molar-refractivity contribution is 6.66. The zero-order chi connectivity index (χ0) is 11.5. The molecule has 0 aliphatic carbocycles. The van der Waals surface area contributed by atoms with Gasteiger partial charge in [0.1, 0.15) is 0 Å². The fourth-order valence-corrected chi connectivity index (χ4v) is 1.12. The molecule has 0 bridgehead atoms. The van der Waals surface area contributed by atoms with Gasteiger partial charge in [0.25, 0.3) is 0 Å². The number of benzene rings is 1. The minimum atomic E-state index is -4.43. The molecular weight excluding hydrogens is 229 g/mol. The Kier molecular flexibility index (Phi) is 3.52. The van der Waals surface area contributed by atoms with Crippen LogP contribution in [0, 0.1) is 0 Å². The summed E-state index contributed by atoms with van der Waals surface area (Å²) in [4.78, 5) is 10.4. The van der Waals surface area contributed by atoms with Crippen molar-refractivity contribution < 1.29 is 18.0 Å². The Morgan fingerprint density at radius 2 is 1.87 bits per heavy atom. The normalized spacial score (nSPS) is 12.0. The second-order valence-corrected chi connectivity index (χ2v) is 3.09. The van der Waals surface area contributed by atoms with Gasteiger partial charge < -0.3 is 0 Å². The van der Waals surface area contributed by atoms with E-state index >= 15 is 0 Å². The smallest absolute Gasteiger partial charge is 0.276 e. The minimum absolute atomic E-state index is 0.0843. The van der Waals surface area contributed by atoms with Crippen molar-refractivity contribution in [1.82, 2.24) is 0 Å². The molecule has 0 unspecified atom stereocenters. The lowest BCUT2D eigenvalue weighted by atomic mass is 10.1. The molecule has 80 valence electrons. The van der Waals surface area contributed by atoms with E-state index in [9.17, 15) is 18.0 Å². The summed E-state index contributed by atoms with van der Waals surface area (Å²) < 4.78 is 37.3. The van der Waals surface area contributed by atoms with E-state index in [-0.39, 0.29) is 5.56 Å². The molecule has 0 N–H and O–H groups in total. The molecule has 15 heavy (non-hydrogen) atoms. The van der Waals surface area contributed by atoms with Crippen molar-refractivity contribution in [1.29, 1.82) is 0 Å². The Morgan fingerprint density at radius 1 is 1.27 bits per heavy atom. The first-order valence-electron chi connectivity index (χ1n) is 3.95. The molecule has 1 aromatic rings. The van der Waals surface area contributed by atoms with Crippen molar-refractivity contribution in [3.8, 4) is 0 Å². The summed E-state index contributed by atoms with van der Waals surface area (Å²) in [6.07, 6.45) is -2.51. The maximum atomic E-state index is 12.4. The van der Waals surface area contributed by atoms with Crippen LogP contribution in [-0.4, -0.2) is 5.24 Å². The van der Waals surface area contributed by atoms with Crippen molar-refractivity contribution in [3.05, 3.63) is 41.5 Å². The Bertz CT molecular complexity index is 396. The zero-order valence-electron chi connectivity index (χ0n) is 7.38. The van der Waals surface area contributed by atoms with Gasteiger partial charge >= 0.3 is 6.18 Å². The molecule has 5 heteroatoms. The van der Waals surface area contributed by atoms with Gasteiger partial charge in [0.05, 0.1) is 5.56 Å². The predicted molar refractivity (Wildman–Crippen MR) is 51.3 cm³/mol. The molecule has 0 aliphatic rings. The molecule has 0 saturated carbocycles. The lowest BCUT2D eigenvalue weighted by Gasteiger charge is -2.09. The van der Waals surface area contributed by atoms with Crippen molar-refractivity contribution in [2.75, 3.05) is 0 Å².